The van der Waals surface area contributed by atoms with Crippen LogP contribution in [0.1, 0.15) is 24.0 Å². The van der Waals surface area contributed by atoms with Crippen LogP contribution in [0.5, 0.6) is 0 Å². The van der Waals surface area contributed by atoms with Gasteiger partial charge in [-0.05, 0) is 60.9 Å². The predicted molar refractivity (Wildman–Crippen MR) is 99.2 cm³/mol. The van der Waals surface area contributed by atoms with Crippen molar-refractivity contribution < 1.29 is 22.7 Å². The minimum absolute atomic E-state index is 0.242. The second-order valence-electron chi connectivity index (χ2n) is 6.47. The van der Waals surface area contributed by atoms with E-state index in [9.17, 15) is 18.0 Å². The first-order chi connectivity index (χ1) is 13.4. The highest BCUT2D eigenvalue weighted by Gasteiger charge is 2.29. The molecule has 0 radical (unpaired) electrons. The van der Waals surface area contributed by atoms with E-state index in [4.69, 9.17) is 4.74 Å². The summed E-state index contributed by atoms with van der Waals surface area (Å²) in [5.74, 6) is -0.242. The molecule has 2 aromatic rings. The molecular formula is C20H20F3N3O2. The molecule has 0 atom stereocenters. The Hall–Kier alpha value is -2.90. The molecule has 0 spiro atoms. The van der Waals surface area contributed by atoms with E-state index < -0.39 is 11.7 Å². The molecule has 1 aliphatic heterocycles. The molecule has 0 aromatic heterocycles. The Balaban J connectivity index is 1.71. The van der Waals surface area contributed by atoms with Crippen LogP contribution in [0.2, 0.25) is 0 Å². The zero-order chi connectivity index (χ0) is 20.1. The Morgan fingerprint density at radius 3 is 2.46 bits per heavy atom. The van der Waals surface area contributed by atoms with Crippen molar-refractivity contribution in [1.29, 1.82) is 0 Å². The summed E-state index contributed by atoms with van der Waals surface area (Å²) in [5, 5.41) is 8.16. The molecule has 1 heterocycles. The number of aryl methyl sites for hydroxylation is 1. The van der Waals surface area contributed by atoms with Crippen LogP contribution in [0, 0.1) is 0 Å². The Labute approximate surface area is 160 Å². The van der Waals surface area contributed by atoms with Crippen molar-refractivity contribution in [3.8, 4) is 0 Å². The maximum atomic E-state index is 12.6. The van der Waals surface area contributed by atoms with Gasteiger partial charge in [0.25, 0.3) is 0 Å². The number of methoxy groups -OCH3 is 1. The molecule has 1 aliphatic rings. The molecule has 28 heavy (non-hydrogen) atoms. The summed E-state index contributed by atoms with van der Waals surface area (Å²) >= 11 is 0. The number of hydrogen-bond donors (Lipinski definition) is 0. The van der Waals surface area contributed by atoms with Crippen LogP contribution < -0.4 is 4.90 Å². The summed E-state index contributed by atoms with van der Waals surface area (Å²) in [6, 6.07) is 10.2. The van der Waals surface area contributed by atoms with Gasteiger partial charge in [-0.15, -0.1) is 0 Å². The molecule has 0 bridgehead atoms. The number of esters is 1. The number of halogens is 3. The molecule has 148 valence electrons. The zero-order valence-electron chi connectivity index (χ0n) is 15.4. The fraction of sp³-hybridized carbons (Fsp3) is 0.350. The maximum absolute atomic E-state index is 12.6. The van der Waals surface area contributed by atoms with Gasteiger partial charge in [-0.1, -0.05) is 0 Å². The van der Waals surface area contributed by atoms with Gasteiger partial charge in [0.05, 0.1) is 30.5 Å². The Morgan fingerprint density at radius 2 is 1.79 bits per heavy atom. The van der Waals surface area contributed by atoms with Crippen LogP contribution in [-0.2, 0) is 22.1 Å². The number of nitrogens with zero attached hydrogens (tertiary/aromatic N) is 3. The van der Waals surface area contributed by atoms with Gasteiger partial charge in [0.1, 0.15) is 0 Å². The SMILES string of the molecule is COC(=O)CCN1CCCc2cc(N=Nc3ccc(C(F)(F)F)cc3)ccc21. The highest BCUT2D eigenvalue weighted by Crippen LogP contribution is 2.33. The van der Waals surface area contributed by atoms with Crippen LogP contribution in [0.4, 0.5) is 30.2 Å². The van der Waals surface area contributed by atoms with Crippen molar-refractivity contribution in [3.05, 3.63) is 53.6 Å². The number of hydrogen-bond acceptors (Lipinski definition) is 5. The number of benzene rings is 2. The smallest absolute Gasteiger partial charge is 0.416 e. The average Bonchev–Trinajstić information content (AvgIpc) is 2.69. The third-order valence-electron chi connectivity index (χ3n) is 4.57. The first-order valence-corrected chi connectivity index (χ1v) is 8.90. The lowest BCUT2D eigenvalue weighted by Crippen LogP contribution is -2.31. The van der Waals surface area contributed by atoms with Crippen molar-refractivity contribution >= 4 is 23.0 Å². The number of carbonyl (C=O) groups is 1. The normalized spacial score (nSPS) is 14.2. The lowest BCUT2D eigenvalue weighted by molar-refractivity contribution is -0.140. The first kappa shape index (κ1) is 19.9. The topological polar surface area (TPSA) is 54.3 Å². The number of anilines is 1. The second-order valence-corrected chi connectivity index (χ2v) is 6.47. The monoisotopic (exact) mass is 391 g/mol. The van der Waals surface area contributed by atoms with Gasteiger partial charge >= 0.3 is 12.1 Å². The third kappa shape index (κ3) is 4.88. The first-order valence-electron chi connectivity index (χ1n) is 8.90. The number of fused-ring (bicyclic) bond motifs is 1. The van der Waals surface area contributed by atoms with Crippen LogP contribution in [-0.4, -0.2) is 26.2 Å². The van der Waals surface area contributed by atoms with E-state index in [2.05, 4.69) is 15.1 Å². The number of carbonyl (C=O) groups excluding carboxylic acids is 1. The van der Waals surface area contributed by atoms with Gasteiger partial charge in [-0.2, -0.15) is 23.4 Å². The average molecular weight is 391 g/mol. The minimum atomic E-state index is -4.37. The molecule has 0 saturated carbocycles. The van der Waals surface area contributed by atoms with E-state index in [1.54, 1.807) is 0 Å². The number of alkyl halides is 3. The second kappa shape index (κ2) is 8.41. The molecular weight excluding hydrogens is 371 g/mol. The number of azo groups is 1. The Kier molecular flexibility index (Phi) is 5.96. The molecule has 0 aliphatic carbocycles. The highest BCUT2D eigenvalue weighted by molar-refractivity contribution is 5.70. The molecule has 0 fully saturated rings. The predicted octanol–water partition coefficient (Wildman–Crippen LogP) is 5.44. The van der Waals surface area contributed by atoms with Crippen LogP contribution >= 0.6 is 0 Å². The minimum Gasteiger partial charge on any atom is -0.469 e. The summed E-state index contributed by atoms with van der Waals surface area (Å²) in [7, 11) is 1.38. The van der Waals surface area contributed by atoms with Crippen molar-refractivity contribution in [1.82, 2.24) is 0 Å². The molecule has 5 nitrogen and oxygen atoms in total. The fourth-order valence-corrected chi connectivity index (χ4v) is 3.12. The van der Waals surface area contributed by atoms with E-state index in [1.165, 1.54) is 19.2 Å². The number of rotatable bonds is 5. The molecule has 0 saturated heterocycles. The maximum Gasteiger partial charge on any atom is 0.416 e. The van der Waals surface area contributed by atoms with E-state index in [1.807, 2.05) is 18.2 Å². The molecule has 0 unspecified atom stereocenters. The van der Waals surface area contributed by atoms with E-state index in [0.29, 0.717) is 24.3 Å². The summed E-state index contributed by atoms with van der Waals surface area (Å²) in [6.07, 6.45) is -2.18. The van der Waals surface area contributed by atoms with Crippen molar-refractivity contribution in [2.24, 2.45) is 10.2 Å². The van der Waals surface area contributed by atoms with E-state index in [0.717, 1.165) is 42.8 Å². The van der Waals surface area contributed by atoms with Crippen molar-refractivity contribution in [3.63, 3.8) is 0 Å². The highest BCUT2D eigenvalue weighted by atomic mass is 19.4. The molecule has 0 amide bonds. The zero-order valence-corrected chi connectivity index (χ0v) is 15.4. The summed E-state index contributed by atoms with van der Waals surface area (Å²) in [4.78, 5) is 13.5. The molecule has 3 rings (SSSR count). The molecule has 0 N–H and O–H groups in total. The van der Waals surface area contributed by atoms with Gasteiger partial charge in [-0.3, -0.25) is 4.79 Å². The van der Waals surface area contributed by atoms with Crippen molar-refractivity contribution in [2.45, 2.75) is 25.4 Å². The van der Waals surface area contributed by atoms with Crippen molar-refractivity contribution in [2.75, 3.05) is 25.1 Å². The van der Waals surface area contributed by atoms with E-state index >= 15 is 0 Å². The summed E-state index contributed by atoms with van der Waals surface area (Å²) in [5.41, 5.74) is 2.44. The standard InChI is InChI=1S/C20H20F3N3O2/c1-28-19(27)10-12-26-11-2-3-14-13-17(8-9-18(14)26)25-24-16-6-4-15(5-7-16)20(21,22)23/h4-9,13H,2-3,10-12H2,1H3. The van der Waals surface area contributed by atoms with Gasteiger partial charge in [0, 0.05) is 18.8 Å². The van der Waals surface area contributed by atoms with Gasteiger partial charge in [-0.25, -0.2) is 0 Å². The molecule has 2 aromatic carbocycles. The lowest BCUT2D eigenvalue weighted by Gasteiger charge is -2.31. The number of ether oxygens (including phenoxy) is 1. The quantitative estimate of drug-likeness (QED) is 0.504. The van der Waals surface area contributed by atoms with E-state index in [-0.39, 0.29) is 5.97 Å². The lowest BCUT2D eigenvalue weighted by atomic mass is 10.0. The van der Waals surface area contributed by atoms with Crippen LogP contribution in [0.15, 0.2) is 52.7 Å². The molecule has 8 heteroatoms. The Bertz CT molecular complexity index is 864. The van der Waals surface area contributed by atoms with Gasteiger partial charge in [0.2, 0.25) is 0 Å². The summed E-state index contributed by atoms with van der Waals surface area (Å²) in [6.45, 7) is 1.46. The summed E-state index contributed by atoms with van der Waals surface area (Å²) < 4.78 is 42.5. The fourth-order valence-electron chi connectivity index (χ4n) is 3.12. The van der Waals surface area contributed by atoms with Crippen LogP contribution in [0.3, 0.4) is 0 Å². The van der Waals surface area contributed by atoms with Crippen LogP contribution in [0.25, 0.3) is 0 Å². The van der Waals surface area contributed by atoms with Gasteiger partial charge < -0.3 is 9.64 Å². The Morgan fingerprint density at radius 1 is 1.11 bits per heavy atom. The largest absolute Gasteiger partial charge is 0.469 e. The third-order valence-corrected chi connectivity index (χ3v) is 4.57. The van der Waals surface area contributed by atoms with Gasteiger partial charge in [0.15, 0.2) is 0 Å².